The maximum Gasteiger partial charge on any atom is 0.0726 e. The molecule has 2 N–H and O–H groups in total. The highest BCUT2D eigenvalue weighted by Crippen LogP contribution is 2.21. The lowest BCUT2D eigenvalue weighted by atomic mass is 9.98. The van der Waals surface area contributed by atoms with Crippen LogP contribution in [0.3, 0.4) is 0 Å². The Kier molecular flexibility index (Phi) is 4.00. The molecule has 0 aliphatic rings. The van der Waals surface area contributed by atoms with E-state index in [1.807, 2.05) is 12.1 Å². The molecule has 2 nitrogen and oxygen atoms in total. The van der Waals surface area contributed by atoms with E-state index >= 15 is 0 Å². The molecule has 1 aromatic carbocycles. The van der Waals surface area contributed by atoms with Gasteiger partial charge in [-0.05, 0) is 29.2 Å². The molecule has 94 valence electrons. The summed E-state index contributed by atoms with van der Waals surface area (Å²) in [5.74, 6) is 0.531. The standard InChI is InChI=1S/C15H17ClN2/c1-10(2)11-3-5-12(6-4-11)15(17)14-8-7-13(16)9-18-14/h3-10,15H,17H2,1-2H3. The van der Waals surface area contributed by atoms with Crippen molar-refractivity contribution >= 4 is 11.6 Å². The third kappa shape index (κ3) is 2.89. The van der Waals surface area contributed by atoms with Gasteiger partial charge < -0.3 is 5.73 Å². The van der Waals surface area contributed by atoms with Gasteiger partial charge in [0.2, 0.25) is 0 Å². The molecule has 0 saturated carbocycles. The fraction of sp³-hybridized carbons (Fsp3) is 0.267. The summed E-state index contributed by atoms with van der Waals surface area (Å²) in [4.78, 5) is 4.26. The van der Waals surface area contributed by atoms with E-state index in [9.17, 15) is 0 Å². The molecular formula is C15H17ClN2. The highest BCUT2D eigenvalue weighted by atomic mass is 35.5. The van der Waals surface area contributed by atoms with Crippen molar-refractivity contribution in [3.05, 3.63) is 64.4 Å². The number of rotatable bonds is 3. The molecule has 1 unspecified atom stereocenters. The summed E-state index contributed by atoms with van der Waals surface area (Å²) in [5.41, 5.74) is 9.40. The number of pyridine rings is 1. The number of benzene rings is 1. The number of nitrogens with two attached hydrogens (primary N) is 1. The van der Waals surface area contributed by atoms with Gasteiger partial charge in [0.15, 0.2) is 0 Å². The first-order chi connectivity index (χ1) is 8.58. The zero-order valence-corrected chi connectivity index (χ0v) is 11.4. The first kappa shape index (κ1) is 13.1. The van der Waals surface area contributed by atoms with Crippen molar-refractivity contribution in [2.75, 3.05) is 0 Å². The van der Waals surface area contributed by atoms with Crippen molar-refractivity contribution < 1.29 is 0 Å². The molecule has 0 aliphatic carbocycles. The first-order valence-corrected chi connectivity index (χ1v) is 6.42. The normalized spacial score (nSPS) is 12.7. The number of nitrogens with zero attached hydrogens (tertiary/aromatic N) is 1. The van der Waals surface area contributed by atoms with Gasteiger partial charge >= 0.3 is 0 Å². The lowest BCUT2D eigenvalue weighted by Crippen LogP contribution is -2.13. The van der Waals surface area contributed by atoms with Crippen LogP contribution in [-0.4, -0.2) is 4.98 Å². The number of hydrogen-bond acceptors (Lipinski definition) is 2. The van der Waals surface area contributed by atoms with E-state index in [2.05, 4.69) is 43.1 Å². The average molecular weight is 261 g/mol. The second-order valence-electron chi connectivity index (χ2n) is 4.70. The second kappa shape index (κ2) is 5.51. The van der Waals surface area contributed by atoms with Crippen LogP contribution >= 0.6 is 11.6 Å². The Balaban J connectivity index is 2.23. The van der Waals surface area contributed by atoms with Crippen molar-refractivity contribution in [2.45, 2.75) is 25.8 Å². The van der Waals surface area contributed by atoms with Crippen molar-refractivity contribution in [1.82, 2.24) is 4.98 Å². The summed E-state index contributed by atoms with van der Waals surface area (Å²) in [6.45, 7) is 4.35. The minimum absolute atomic E-state index is 0.205. The molecule has 18 heavy (non-hydrogen) atoms. The first-order valence-electron chi connectivity index (χ1n) is 6.05. The van der Waals surface area contributed by atoms with Crippen LogP contribution in [0.1, 0.15) is 42.6 Å². The van der Waals surface area contributed by atoms with Gasteiger partial charge in [0.1, 0.15) is 0 Å². The SMILES string of the molecule is CC(C)c1ccc(C(N)c2ccc(Cl)cn2)cc1. The van der Waals surface area contributed by atoms with Crippen molar-refractivity contribution in [1.29, 1.82) is 0 Å². The molecule has 1 aromatic heterocycles. The third-order valence-electron chi connectivity index (χ3n) is 3.03. The van der Waals surface area contributed by atoms with Crippen molar-refractivity contribution in [3.63, 3.8) is 0 Å². The van der Waals surface area contributed by atoms with E-state index in [0.717, 1.165) is 11.3 Å². The summed E-state index contributed by atoms with van der Waals surface area (Å²) >= 11 is 5.81. The predicted octanol–water partition coefficient (Wildman–Crippen LogP) is 3.91. The fourth-order valence-electron chi connectivity index (χ4n) is 1.83. The van der Waals surface area contributed by atoms with E-state index in [-0.39, 0.29) is 6.04 Å². The van der Waals surface area contributed by atoms with Gasteiger partial charge in [0.05, 0.1) is 16.8 Å². The lowest BCUT2D eigenvalue weighted by molar-refractivity contribution is 0.821. The summed E-state index contributed by atoms with van der Waals surface area (Å²) in [6.07, 6.45) is 1.62. The molecule has 0 amide bonds. The Morgan fingerprint density at radius 3 is 2.11 bits per heavy atom. The van der Waals surface area contributed by atoms with Crippen LogP contribution in [0.5, 0.6) is 0 Å². The quantitative estimate of drug-likeness (QED) is 0.909. The highest BCUT2D eigenvalue weighted by molar-refractivity contribution is 6.30. The van der Waals surface area contributed by atoms with Gasteiger partial charge in [-0.2, -0.15) is 0 Å². The van der Waals surface area contributed by atoms with Crippen LogP contribution in [-0.2, 0) is 0 Å². The maximum atomic E-state index is 6.19. The van der Waals surface area contributed by atoms with E-state index < -0.39 is 0 Å². The Bertz CT molecular complexity index is 503. The predicted molar refractivity (Wildman–Crippen MR) is 75.8 cm³/mol. The Morgan fingerprint density at radius 2 is 1.61 bits per heavy atom. The molecule has 0 radical (unpaired) electrons. The average Bonchev–Trinajstić information content (AvgIpc) is 2.39. The molecule has 2 aromatic rings. The summed E-state index contributed by atoms with van der Waals surface area (Å²) in [7, 11) is 0. The van der Waals surface area contributed by atoms with Crippen LogP contribution in [0.15, 0.2) is 42.6 Å². The van der Waals surface area contributed by atoms with Crippen LogP contribution in [0.4, 0.5) is 0 Å². The molecule has 3 heteroatoms. The highest BCUT2D eigenvalue weighted by Gasteiger charge is 2.10. The molecule has 0 bridgehead atoms. The van der Waals surface area contributed by atoms with Crippen molar-refractivity contribution in [3.8, 4) is 0 Å². The zero-order chi connectivity index (χ0) is 13.1. The molecule has 1 atom stereocenters. The number of aromatic nitrogens is 1. The van der Waals surface area contributed by atoms with Gasteiger partial charge in [0, 0.05) is 6.20 Å². The second-order valence-corrected chi connectivity index (χ2v) is 5.14. The summed E-state index contributed by atoms with van der Waals surface area (Å²) in [5, 5.41) is 0.626. The smallest absolute Gasteiger partial charge is 0.0726 e. The molecule has 1 heterocycles. The van der Waals surface area contributed by atoms with E-state index in [1.165, 1.54) is 5.56 Å². The van der Waals surface area contributed by atoms with Crippen LogP contribution in [0.25, 0.3) is 0 Å². The number of halogens is 1. The van der Waals surface area contributed by atoms with Crippen LogP contribution < -0.4 is 5.73 Å². The third-order valence-corrected chi connectivity index (χ3v) is 3.25. The molecule has 2 rings (SSSR count). The van der Waals surface area contributed by atoms with E-state index in [1.54, 1.807) is 6.20 Å². The van der Waals surface area contributed by atoms with E-state index in [0.29, 0.717) is 10.9 Å². The minimum atomic E-state index is -0.205. The van der Waals surface area contributed by atoms with E-state index in [4.69, 9.17) is 17.3 Å². The fourth-order valence-corrected chi connectivity index (χ4v) is 1.94. The maximum absolute atomic E-state index is 6.19. The molecule has 0 saturated heterocycles. The summed E-state index contributed by atoms with van der Waals surface area (Å²) in [6, 6.07) is 11.8. The molecule has 0 spiro atoms. The topological polar surface area (TPSA) is 38.9 Å². The van der Waals surface area contributed by atoms with Gasteiger partial charge in [-0.1, -0.05) is 49.7 Å². The summed E-state index contributed by atoms with van der Waals surface area (Å²) < 4.78 is 0. The van der Waals surface area contributed by atoms with Crippen molar-refractivity contribution in [2.24, 2.45) is 5.73 Å². The molecular weight excluding hydrogens is 244 g/mol. The van der Waals surface area contributed by atoms with Gasteiger partial charge in [-0.3, -0.25) is 4.98 Å². The zero-order valence-electron chi connectivity index (χ0n) is 10.6. The van der Waals surface area contributed by atoms with Gasteiger partial charge in [0.25, 0.3) is 0 Å². The molecule has 0 aliphatic heterocycles. The largest absolute Gasteiger partial charge is 0.319 e. The Hall–Kier alpha value is -1.38. The Labute approximate surface area is 113 Å². The minimum Gasteiger partial charge on any atom is -0.319 e. The van der Waals surface area contributed by atoms with Gasteiger partial charge in [-0.15, -0.1) is 0 Å². The van der Waals surface area contributed by atoms with Crippen LogP contribution in [0, 0.1) is 0 Å². The lowest BCUT2D eigenvalue weighted by Gasteiger charge is -2.13. The molecule has 0 fully saturated rings. The monoisotopic (exact) mass is 260 g/mol. The number of hydrogen-bond donors (Lipinski definition) is 1. The Morgan fingerprint density at radius 1 is 1.00 bits per heavy atom. The van der Waals surface area contributed by atoms with Crippen LogP contribution in [0.2, 0.25) is 5.02 Å². The van der Waals surface area contributed by atoms with Gasteiger partial charge in [-0.25, -0.2) is 0 Å².